The van der Waals surface area contributed by atoms with E-state index in [0.717, 1.165) is 76.1 Å². The first-order chi connectivity index (χ1) is 22.2. The van der Waals surface area contributed by atoms with Crippen LogP contribution in [0.2, 0.25) is 0 Å². The quantitative estimate of drug-likeness (QED) is 0.170. The first-order valence-corrected chi connectivity index (χ1v) is 15.7. The second-order valence-electron chi connectivity index (χ2n) is 12.3. The molecule has 6 rings (SSSR count). The highest BCUT2D eigenvalue weighted by atomic mass is 16.5. The molecule has 46 heavy (non-hydrogen) atoms. The van der Waals surface area contributed by atoms with Crippen LogP contribution in [0.1, 0.15) is 22.3 Å². The maximum atomic E-state index is 6.67. The van der Waals surface area contributed by atoms with Gasteiger partial charge in [0.25, 0.3) is 0 Å². The van der Waals surface area contributed by atoms with Gasteiger partial charge in [0.05, 0.1) is 41.5 Å². The zero-order valence-corrected chi connectivity index (χ0v) is 28.1. The normalized spacial score (nSPS) is 16.6. The first kappa shape index (κ1) is 31.6. The fraction of sp³-hybridized carbons (Fsp3) is 0.368. The number of hydrogen-bond acceptors (Lipinski definition) is 8. The van der Waals surface area contributed by atoms with Gasteiger partial charge in [0, 0.05) is 54.8 Å². The molecule has 4 aromatic rings. The molecule has 2 unspecified atom stereocenters. The zero-order valence-electron chi connectivity index (χ0n) is 28.1. The average Bonchev–Trinajstić information content (AvgIpc) is 3.67. The number of rotatable bonds is 11. The number of hydrazine groups is 1. The van der Waals surface area contributed by atoms with Gasteiger partial charge in [-0.15, -0.1) is 0 Å². The maximum Gasteiger partial charge on any atom is 0.131 e. The summed E-state index contributed by atoms with van der Waals surface area (Å²) in [5.41, 5.74) is 8.83. The molecule has 4 aromatic carbocycles. The molecule has 8 heteroatoms. The van der Waals surface area contributed by atoms with Crippen molar-refractivity contribution >= 4 is 0 Å². The van der Waals surface area contributed by atoms with Crippen molar-refractivity contribution in [3.8, 4) is 56.8 Å². The minimum absolute atomic E-state index is 0.0107. The molecule has 242 valence electrons. The van der Waals surface area contributed by atoms with Crippen LogP contribution in [0.4, 0.5) is 0 Å². The Balaban J connectivity index is 1.16. The van der Waals surface area contributed by atoms with E-state index in [-0.39, 0.29) is 12.2 Å². The number of hydrogen-bond donors (Lipinski definition) is 0. The maximum absolute atomic E-state index is 6.67. The Morgan fingerprint density at radius 3 is 1.63 bits per heavy atom. The Bertz CT molecular complexity index is 1740. The molecule has 0 aromatic heterocycles. The molecular formula is C38H44N2O6. The molecule has 0 spiro atoms. The van der Waals surface area contributed by atoms with E-state index >= 15 is 0 Å². The van der Waals surface area contributed by atoms with E-state index in [9.17, 15) is 0 Å². The Morgan fingerprint density at radius 2 is 1.11 bits per heavy atom. The van der Waals surface area contributed by atoms with Gasteiger partial charge in [0.2, 0.25) is 0 Å². The third-order valence-electron chi connectivity index (χ3n) is 9.11. The third kappa shape index (κ3) is 6.19. The summed E-state index contributed by atoms with van der Waals surface area (Å²) < 4.78 is 35.9. The summed E-state index contributed by atoms with van der Waals surface area (Å²) in [6.07, 6.45) is 1.57. The van der Waals surface area contributed by atoms with Gasteiger partial charge in [-0.1, -0.05) is 23.8 Å². The van der Waals surface area contributed by atoms with Crippen molar-refractivity contribution in [1.82, 2.24) is 10.0 Å². The number of ether oxygens (including phenoxy) is 6. The standard InChI is InChI=1S/C38H44N2O6/c1-23-9-10-24(2)32(13-23)34-19-28(42-6)14-25-16-30(45-37(25)34)21-39(3)40(4)22-31-17-26-15-29(43-7)20-35(38(26)46-31)33-18-27(41-5)11-12-36(33)44-8/h9-15,18-20,30-31H,16-17,21-22H2,1-8H3. The lowest BCUT2D eigenvalue weighted by atomic mass is 9.95. The fourth-order valence-electron chi connectivity index (χ4n) is 6.57. The average molecular weight is 625 g/mol. The molecule has 0 N–H and O–H groups in total. The minimum Gasteiger partial charge on any atom is -0.497 e. The van der Waals surface area contributed by atoms with Gasteiger partial charge in [-0.3, -0.25) is 0 Å². The second kappa shape index (κ2) is 13.1. The Morgan fingerprint density at radius 1 is 0.587 bits per heavy atom. The van der Waals surface area contributed by atoms with Crippen molar-refractivity contribution in [3.05, 3.63) is 82.9 Å². The molecular weight excluding hydrogens is 580 g/mol. The van der Waals surface area contributed by atoms with Crippen LogP contribution in [0, 0.1) is 13.8 Å². The predicted molar refractivity (Wildman–Crippen MR) is 181 cm³/mol. The highest BCUT2D eigenvalue weighted by Gasteiger charge is 2.32. The van der Waals surface area contributed by atoms with E-state index < -0.39 is 0 Å². The molecule has 2 aliphatic heterocycles. The summed E-state index contributed by atoms with van der Waals surface area (Å²) >= 11 is 0. The molecule has 8 nitrogen and oxygen atoms in total. The van der Waals surface area contributed by atoms with Crippen LogP contribution in [0.15, 0.2) is 60.7 Å². The number of fused-ring (bicyclic) bond motifs is 2. The minimum atomic E-state index is -0.0354. The summed E-state index contributed by atoms with van der Waals surface area (Å²) in [6.45, 7) is 5.71. The topological polar surface area (TPSA) is 61.9 Å². The molecule has 0 aliphatic carbocycles. The smallest absolute Gasteiger partial charge is 0.131 e. The molecule has 2 atom stereocenters. The molecule has 2 heterocycles. The molecule has 0 saturated heterocycles. The molecule has 0 fully saturated rings. The number of aryl methyl sites for hydroxylation is 2. The number of likely N-dealkylation sites (N-methyl/N-ethyl adjacent to an activating group) is 2. The molecule has 0 amide bonds. The third-order valence-corrected chi connectivity index (χ3v) is 9.11. The Hall–Kier alpha value is -4.40. The summed E-state index contributed by atoms with van der Waals surface area (Å²) in [5.74, 6) is 4.94. The van der Waals surface area contributed by atoms with Gasteiger partial charge in [-0.05, 0) is 67.4 Å². The van der Waals surface area contributed by atoms with Gasteiger partial charge in [-0.2, -0.15) is 0 Å². The lowest BCUT2D eigenvalue weighted by molar-refractivity contribution is -0.0221. The van der Waals surface area contributed by atoms with Gasteiger partial charge in [0.15, 0.2) is 0 Å². The van der Waals surface area contributed by atoms with E-state index in [4.69, 9.17) is 28.4 Å². The number of nitrogens with zero attached hydrogens (tertiary/aromatic N) is 2. The van der Waals surface area contributed by atoms with Gasteiger partial charge < -0.3 is 28.4 Å². The Labute approximate surface area is 272 Å². The van der Waals surface area contributed by atoms with Gasteiger partial charge >= 0.3 is 0 Å². The van der Waals surface area contributed by atoms with Crippen LogP contribution in [-0.2, 0) is 12.8 Å². The summed E-state index contributed by atoms with van der Waals surface area (Å²) in [5, 5.41) is 4.45. The number of benzene rings is 4. The van der Waals surface area contributed by atoms with Gasteiger partial charge in [-0.25, -0.2) is 10.0 Å². The van der Waals surface area contributed by atoms with Crippen molar-refractivity contribution in [2.75, 3.05) is 55.6 Å². The van der Waals surface area contributed by atoms with Crippen molar-refractivity contribution in [2.24, 2.45) is 0 Å². The first-order valence-electron chi connectivity index (χ1n) is 15.7. The lowest BCUT2D eigenvalue weighted by Crippen LogP contribution is -2.46. The van der Waals surface area contributed by atoms with Crippen LogP contribution in [0.5, 0.6) is 34.5 Å². The van der Waals surface area contributed by atoms with Crippen LogP contribution >= 0.6 is 0 Å². The lowest BCUT2D eigenvalue weighted by Gasteiger charge is -2.31. The van der Waals surface area contributed by atoms with E-state index in [0.29, 0.717) is 6.54 Å². The van der Waals surface area contributed by atoms with Crippen molar-refractivity contribution < 1.29 is 28.4 Å². The van der Waals surface area contributed by atoms with Crippen LogP contribution in [-0.4, -0.2) is 77.8 Å². The van der Waals surface area contributed by atoms with E-state index in [1.54, 1.807) is 28.4 Å². The predicted octanol–water partition coefficient (Wildman–Crippen LogP) is 6.76. The van der Waals surface area contributed by atoms with Crippen molar-refractivity contribution in [2.45, 2.75) is 38.9 Å². The molecule has 0 saturated carbocycles. The van der Waals surface area contributed by atoms with Crippen LogP contribution in [0.3, 0.4) is 0 Å². The van der Waals surface area contributed by atoms with Crippen molar-refractivity contribution in [1.29, 1.82) is 0 Å². The summed E-state index contributed by atoms with van der Waals surface area (Å²) in [6, 6.07) is 20.6. The summed E-state index contributed by atoms with van der Waals surface area (Å²) in [7, 11) is 11.0. The van der Waals surface area contributed by atoms with E-state index in [1.165, 1.54) is 22.3 Å². The van der Waals surface area contributed by atoms with E-state index in [2.05, 4.69) is 74.4 Å². The molecule has 0 radical (unpaired) electrons. The van der Waals surface area contributed by atoms with Crippen LogP contribution in [0.25, 0.3) is 22.3 Å². The SMILES string of the molecule is COc1ccc(OC)c(-c2cc(OC)cc3c2OC(CN(C)N(C)CC2Cc4cc(OC)cc(-c5cc(C)ccc5C)c4O2)C3)c1. The molecule has 0 bridgehead atoms. The molecule has 2 aliphatic rings. The monoisotopic (exact) mass is 624 g/mol. The summed E-state index contributed by atoms with van der Waals surface area (Å²) in [4.78, 5) is 0. The highest BCUT2D eigenvalue weighted by Crippen LogP contribution is 2.46. The largest absolute Gasteiger partial charge is 0.497 e. The Kier molecular flexibility index (Phi) is 9.02. The fourth-order valence-corrected chi connectivity index (χ4v) is 6.57. The zero-order chi connectivity index (χ0) is 32.5. The van der Waals surface area contributed by atoms with Gasteiger partial charge in [0.1, 0.15) is 46.7 Å². The highest BCUT2D eigenvalue weighted by molar-refractivity contribution is 5.80. The van der Waals surface area contributed by atoms with E-state index in [1.807, 2.05) is 24.3 Å². The van der Waals surface area contributed by atoms with Crippen LogP contribution < -0.4 is 28.4 Å². The second-order valence-corrected chi connectivity index (χ2v) is 12.3. The number of methoxy groups -OCH3 is 4. The van der Waals surface area contributed by atoms with Crippen molar-refractivity contribution in [3.63, 3.8) is 0 Å².